The highest BCUT2D eigenvalue weighted by Gasteiger charge is 2.43. The van der Waals surface area contributed by atoms with E-state index in [9.17, 15) is 4.79 Å². The van der Waals surface area contributed by atoms with Gasteiger partial charge in [-0.3, -0.25) is 4.79 Å². The van der Waals surface area contributed by atoms with Crippen molar-refractivity contribution in [3.05, 3.63) is 0 Å². The van der Waals surface area contributed by atoms with Crippen LogP contribution in [-0.4, -0.2) is 31.7 Å². The first-order valence-corrected chi connectivity index (χ1v) is 7.12. The summed E-state index contributed by atoms with van der Waals surface area (Å²) in [5, 5.41) is 0. The van der Waals surface area contributed by atoms with Gasteiger partial charge in [0.15, 0.2) is 5.78 Å². The van der Waals surface area contributed by atoms with Crippen LogP contribution < -0.4 is 0 Å². The quantitative estimate of drug-likeness (QED) is 0.655. The van der Waals surface area contributed by atoms with Crippen molar-refractivity contribution in [3.8, 4) is 0 Å². The number of carbonyl (C=O) groups excluding carboxylic acids is 1. The molecule has 0 aromatic heterocycles. The highest BCUT2D eigenvalue weighted by molar-refractivity contribution is 5.87. The van der Waals surface area contributed by atoms with E-state index in [1.807, 2.05) is 6.92 Å². The highest BCUT2D eigenvalue weighted by atomic mass is 16.5. The predicted molar refractivity (Wildman–Crippen MR) is 72.7 cm³/mol. The third kappa shape index (κ3) is 4.06. The monoisotopic (exact) mass is 256 g/mol. The summed E-state index contributed by atoms with van der Waals surface area (Å²) < 4.78 is 10.9. The smallest absolute Gasteiger partial charge is 0.164 e. The second kappa shape index (κ2) is 6.67. The van der Waals surface area contributed by atoms with E-state index in [1.165, 1.54) is 0 Å². The van der Waals surface area contributed by atoms with E-state index >= 15 is 0 Å². The summed E-state index contributed by atoms with van der Waals surface area (Å²) in [6, 6.07) is 0. The van der Waals surface area contributed by atoms with Crippen molar-refractivity contribution in [3.63, 3.8) is 0 Å². The van der Waals surface area contributed by atoms with Crippen molar-refractivity contribution in [2.75, 3.05) is 20.3 Å². The maximum absolute atomic E-state index is 12.4. The minimum atomic E-state index is -0.502. The maximum Gasteiger partial charge on any atom is 0.164 e. The van der Waals surface area contributed by atoms with Gasteiger partial charge in [0, 0.05) is 26.7 Å². The van der Waals surface area contributed by atoms with Crippen LogP contribution in [0.3, 0.4) is 0 Å². The Morgan fingerprint density at radius 3 is 2.28 bits per heavy atom. The molecule has 1 rings (SSSR count). The first-order chi connectivity index (χ1) is 8.46. The molecule has 1 aliphatic carbocycles. The molecule has 3 nitrogen and oxygen atoms in total. The summed E-state index contributed by atoms with van der Waals surface area (Å²) in [6.45, 7) is 7.80. The van der Waals surface area contributed by atoms with Crippen molar-refractivity contribution < 1.29 is 14.3 Å². The zero-order chi connectivity index (χ0) is 13.6. The number of hydrogen-bond acceptors (Lipinski definition) is 3. The average molecular weight is 256 g/mol. The number of rotatable bonds is 7. The molecule has 0 N–H and O–H groups in total. The molecule has 0 amide bonds. The number of hydrogen-bond donors (Lipinski definition) is 0. The van der Waals surface area contributed by atoms with Crippen molar-refractivity contribution in [2.45, 2.75) is 64.9 Å². The number of ketones is 1. The molecule has 0 aliphatic heterocycles. The lowest BCUT2D eigenvalue weighted by atomic mass is 9.69. The Balaban J connectivity index is 2.61. The van der Waals surface area contributed by atoms with Gasteiger partial charge >= 0.3 is 0 Å². The maximum atomic E-state index is 12.4. The van der Waals surface area contributed by atoms with Gasteiger partial charge in [0.2, 0.25) is 0 Å². The molecule has 0 radical (unpaired) electrons. The molecule has 18 heavy (non-hydrogen) atoms. The normalized spacial score (nSPS) is 21.8. The molecule has 0 bridgehead atoms. The molecule has 1 saturated carbocycles. The zero-order valence-electron chi connectivity index (χ0n) is 12.4. The van der Waals surface area contributed by atoms with Gasteiger partial charge in [-0.25, -0.2) is 0 Å². The third-order valence-electron chi connectivity index (χ3n) is 4.09. The van der Waals surface area contributed by atoms with Gasteiger partial charge in [-0.1, -0.05) is 13.8 Å². The lowest BCUT2D eigenvalue weighted by molar-refractivity contribution is -0.152. The first-order valence-electron chi connectivity index (χ1n) is 7.12. The summed E-state index contributed by atoms with van der Waals surface area (Å²) in [4.78, 5) is 12.4. The van der Waals surface area contributed by atoms with E-state index < -0.39 is 5.60 Å². The molecule has 0 heterocycles. The number of carbonyl (C=O) groups is 1. The molecule has 3 heteroatoms. The van der Waals surface area contributed by atoms with Crippen LogP contribution in [0, 0.1) is 5.41 Å². The van der Waals surface area contributed by atoms with E-state index in [4.69, 9.17) is 9.47 Å². The van der Waals surface area contributed by atoms with Gasteiger partial charge in [-0.15, -0.1) is 0 Å². The van der Waals surface area contributed by atoms with Crippen LogP contribution in [0.4, 0.5) is 0 Å². The molecule has 0 atom stereocenters. The Bertz CT molecular complexity index is 261. The molecule has 0 spiro atoms. The number of ether oxygens (including phenoxy) is 2. The van der Waals surface area contributed by atoms with Gasteiger partial charge < -0.3 is 9.47 Å². The van der Waals surface area contributed by atoms with Gasteiger partial charge in [0.25, 0.3) is 0 Å². The van der Waals surface area contributed by atoms with Crippen molar-refractivity contribution in [2.24, 2.45) is 5.41 Å². The predicted octanol–water partition coefficient (Wildman–Crippen LogP) is 3.36. The Hall–Kier alpha value is -0.410. The first kappa shape index (κ1) is 15.6. The van der Waals surface area contributed by atoms with Crippen molar-refractivity contribution in [1.82, 2.24) is 0 Å². The number of methoxy groups -OCH3 is 1. The molecule has 0 unspecified atom stereocenters. The summed E-state index contributed by atoms with van der Waals surface area (Å²) in [6.07, 6.45) is 5.27. The summed E-state index contributed by atoms with van der Waals surface area (Å²) in [5.74, 6) is 0.275. The second-order valence-electron chi connectivity index (χ2n) is 6.11. The summed E-state index contributed by atoms with van der Waals surface area (Å²) in [5.41, 5.74) is -0.147. The summed E-state index contributed by atoms with van der Waals surface area (Å²) in [7, 11) is 1.67. The minimum absolute atomic E-state index is 0.275. The Morgan fingerprint density at radius 1 is 1.17 bits per heavy atom. The van der Waals surface area contributed by atoms with E-state index in [0.717, 1.165) is 32.1 Å². The highest BCUT2D eigenvalue weighted by Crippen LogP contribution is 2.43. The minimum Gasteiger partial charge on any atom is -0.385 e. The largest absolute Gasteiger partial charge is 0.385 e. The molecule has 1 aliphatic rings. The van der Waals surface area contributed by atoms with E-state index in [2.05, 4.69) is 13.8 Å². The van der Waals surface area contributed by atoms with Crippen LogP contribution in [0.15, 0.2) is 0 Å². The second-order valence-corrected chi connectivity index (χ2v) is 6.11. The molecular formula is C15H28O3. The SMILES string of the molecule is CCOC1(C(=O)CCCOC)CCC(C)(C)CC1. The third-order valence-corrected chi connectivity index (χ3v) is 4.09. The fourth-order valence-electron chi connectivity index (χ4n) is 2.72. The van der Waals surface area contributed by atoms with E-state index in [1.54, 1.807) is 7.11 Å². The van der Waals surface area contributed by atoms with Crippen LogP contribution >= 0.6 is 0 Å². The van der Waals surface area contributed by atoms with Crippen LogP contribution in [-0.2, 0) is 14.3 Å². The Labute approximate surface area is 111 Å². The number of Topliss-reactive ketones (excluding diaryl/α,β-unsaturated/α-hetero) is 1. The van der Waals surface area contributed by atoms with Crippen LogP contribution in [0.2, 0.25) is 0 Å². The zero-order valence-corrected chi connectivity index (χ0v) is 12.4. The lowest BCUT2D eigenvalue weighted by Gasteiger charge is -2.42. The molecule has 0 aromatic rings. The molecule has 0 saturated heterocycles. The van der Waals surface area contributed by atoms with Crippen molar-refractivity contribution >= 4 is 5.78 Å². The Morgan fingerprint density at radius 2 is 1.78 bits per heavy atom. The van der Waals surface area contributed by atoms with Gasteiger partial charge in [0.1, 0.15) is 5.60 Å². The van der Waals surface area contributed by atoms with Crippen LogP contribution in [0.25, 0.3) is 0 Å². The lowest BCUT2D eigenvalue weighted by Crippen LogP contribution is -2.46. The standard InChI is InChI=1S/C15H28O3/c1-5-18-15(13(16)7-6-12-17-4)10-8-14(2,3)9-11-15/h5-12H2,1-4H3. The molecule has 106 valence electrons. The van der Waals surface area contributed by atoms with E-state index in [-0.39, 0.29) is 5.78 Å². The fourth-order valence-corrected chi connectivity index (χ4v) is 2.72. The van der Waals surface area contributed by atoms with Gasteiger partial charge in [-0.05, 0) is 44.4 Å². The van der Waals surface area contributed by atoms with E-state index in [0.29, 0.717) is 25.0 Å². The Kier molecular flexibility index (Phi) is 5.80. The molecule has 1 fully saturated rings. The molecule has 0 aromatic carbocycles. The van der Waals surface area contributed by atoms with Crippen LogP contribution in [0.1, 0.15) is 59.3 Å². The topological polar surface area (TPSA) is 35.5 Å². The van der Waals surface area contributed by atoms with Gasteiger partial charge in [0.05, 0.1) is 0 Å². The van der Waals surface area contributed by atoms with Crippen LogP contribution in [0.5, 0.6) is 0 Å². The average Bonchev–Trinajstić information content (AvgIpc) is 2.33. The summed E-state index contributed by atoms with van der Waals surface area (Å²) >= 11 is 0. The van der Waals surface area contributed by atoms with Gasteiger partial charge in [-0.2, -0.15) is 0 Å². The molecular weight excluding hydrogens is 228 g/mol. The fraction of sp³-hybridized carbons (Fsp3) is 0.933. The van der Waals surface area contributed by atoms with Crippen molar-refractivity contribution in [1.29, 1.82) is 0 Å².